The van der Waals surface area contributed by atoms with Gasteiger partial charge < -0.3 is 23.7 Å². The molecule has 0 radical (unpaired) electrons. The molecule has 0 amide bonds. The molecule has 4 unspecified atom stereocenters. The molecular weight excluding hydrogens is 715 g/mol. The molecule has 7 aromatic rings. The lowest BCUT2D eigenvalue weighted by molar-refractivity contribution is -0.219. The summed E-state index contributed by atoms with van der Waals surface area (Å²) in [5, 5.41) is 1.07. The Kier molecular flexibility index (Phi) is 12.6. The Balaban J connectivity index is 1.17. The molecule has 8 rings (SSSR count). The van der Waals surface area contributed by atoms with Crippen molar-refractivity contribution in [2.75, 3.05) is 6.61 Å². The lowest BCUT2D eigenvalue weighted by atomic mass is 9.89. The molecule has 1 saturated heterocycles. The van der Waals surface area contributed by atoms with E-state index in [9.17, 15) is 0 Å². The molecule has 6 nitrogen and oxygen atoms in total. The number of hydrogen-bond donors (Lipinski definition) is 0. The summed E-state index contributed by atoms with van der Waals surface area (Å²) < 4.78 is 35.2. The van der Waals surface area contributed by atoms with Crippen molar-refractivity contribution in [2.45, 2.75) is 70.6 Å². The van der Waals surface area contributed by atoms with Gasteiger partial charge in [-0.2, -0.15) is 0 Å². The first-order chi connectivity index (χ1) is 27.6. The average Bonchev–Trinajstić information content (AvgIpc) is 3.66. The molecule has 1 aliphatic heterocycles. The number of rotatable bonds is 16. The molecule has 0 spiro atoms. The Morgan fingerprint density at radius 2 is 1.21 bits per heavy atom. The lowest BCUT2D eigenvalue weighted by Gasteiger charge is -2.42. The van der Waals surface area contributed by atoms with Crippen molar-refractivity contribution in [3.05, 3.63) is 202 Å². The second-order valence-corrected chi connectivity index (χ2v) is 15.5. The molecule has 284 valence electrons. The van der Waals surface area contributed by atoms with Crippen molar-refractivity contribution in [1.82, 2.24) is 4.98 Å². The van der Waals surface area contributed by atoms with Crippen LogP contribution in [0, 0.1) is 6.92 Å². The van der Waals surface area contributed by atoms with E-state index < -0.39 is 12.2 Å². The molecule has 1 fully saturated rings. The van der Waals surface area contributed by atoms with Crippen molar-refractivity contribution in [3.63, 3.8) is 0 Å². The third kappa shape index (κ3) is 9.80. The van der Waals surface area contributed by atoms with Crippen LogP contribution < -0.4 is 4.74 Å². The van der Waals surface area contributed by atoms with Gasteiger partial charge in [0, 0.05) is 18.4 Å². The second kappa shape index (κ2) is 18.7. The maximum atomic E-state index is 7.16. The second-order valence-electron chi connectivity index (χ2n) is 14.4. The number of ether oxygens (including phenoxy) is 5. The number of aryl methyl sites for hydroxylation is 1. The highest BCUT2D eigenvalue weighted by Gasteiger charge is 2.43. The van der Waals surface area contributed by atoms with Gasteiger partial charge >= 0.3 is 0 Å². The summed E-state index contributed by atoms with van der Waals surface area (Å²) >= 11 is 1.74. The first-order valence-corrected chi connectivity index (χ1v) is 20.2. The molecule has 2 heterocycles. The highest BCUT2D eigenvalue weighted by molar-refractivity contribution is 7.18. The van der Waals surface area contributed by atoms with E-state index in [1.165, 1.54) is 10.3 Å². The molecule has 1 aliphatic rings. The van der Waals surface area contributed by atoms with Gasteiger partial charge in [-0.25, -0.2) is 4.98 Å². The fraction of sp³-hybridized carbons (Fsp3) is 0.245. The lowest BCUT2D eigenvalue weighted by Crippen LogP contribution is -2.47. The monoisotopic (exact) mass is 761 g/mol. The van der Waals surface area contributed by atoms with Crippen molar-refractivity contribution < 1.29 is 23.7 Å². The minimum Gasteiger partial charge on any atom is -0.489 e. The molecule has 4 atom stereocenters. The highest BCUT2D eigenvalue weighted by atomic mass is 32.1. The summed E-state index contributed by atoms with van der Waals surface area (Å²) in [4.78, 5) is 5.00. The Bertz CT molecular complexity index is 2230. The van der Waals surface area contributed by atoms with E-state index in [4.69, 9.17) is 28.7 Å². The van der Waals surface area contributed by atoms with Gasteiger partial charge in [0.15, 0.2) is 0 Å². The summed E-state index contributed by atoms with van der Waals surface area (Å²) in [5.74, 6) is 0.769. The predicted octanol–water partition coefficient (Wildman–Crippen LogP) is 11.0. The zero-order valence-electron chi connectivity index (χ0n) is 31.7. The largest absolute Gasteiger partial charge is 0.489 e. The fourth-order valence-electron chi connectivity index (χ4n) is 7.25. The molecule has 7 heteroatoms. The number of benzene rings is 6. The molecular formula is C49H47NO5S. The summed E-state index contributed by atoms with van der Waals surface area (Å²) in [7, 11) is 0. The number of nitrogens with zero attached hydrogens (tertiary/aromatic N) is 1. The van der Waals surface area contributed by atoms with E-state index >= 15 is 0 Å². The van der Waals surface area contributed by atoms with Gasteiger partial charge in [-0.3, -0.25) is 0 Å². The van der Waals surface area contributed by atoms with Crippen molar-refractivity contribution in [1.29, 1.82) is 0 Å². The summed E-state index contributed by atoms with van der Waals surface area (Å²) in [6, 6.07) is 53.9. The van der Waals surface area contributed by atoms with Gasteiger partial charge in [-0.05, 0) is 64.6 Å². The van der Waals surface area contributed by atoms with Crippen LogP contribution in [0.25, 0.3) is 10.2 Å². The van der Waals surface area contributed by atoms with E-state index in [0.717, 1.165) is 49.7 Å². The van der Waals surface area contributed by atoms with Gasteiger partial charge in [-0.1, -0.05) is 133 Å². The summed E-state index contributed by atoms with van der Waals surface area (Å²) in [5.41, 5.74) is 8.66. The van der Waals surface area contributed by atoms with Gasteiger partial charge in [0.1, 0.15) is 24.6 Å². The topological polar surface area (TPSA) is 59.0 Å². The Labute approximate surface area is 333 Å². The predicted molar refractivity (Wildman–Crippen MR) is 223 cm³/mol. The van der Waals surface area contributed by atoms with Gasteiger partial charge in [0.2, 0.25) is 0 Å². The fourth-order valence-corrected chi connectivity index (χ4v) is 8.24. The molecule has 0 aliphatic carbocycles. The van der Waals surface area contributed by atoms with Crippen LogP contribution in [0.3, 0.4) is 0 Å². The SMILES string of the molecule is Cc1cc(OCc2ccccc2)c(C2OC(COCc3ccccc3)CC(OCc3ccccc3)C2OCc2ccccc2)cc1Cc1nc2ccccc2s1. The zero-order valence-corrected chi connectivity index (χ0v) is 32.5. The molecule has 1 aromatic heterocycles. The van der Waals surface area contributed by atoms with Crippen LogP contribution in [0.15, 0.2) is 158 Å². The van der Waals surface area contributed by atoms with Crippen LogP contribution in [-0.2, 0) is 51.8 Å². The third-order valence-electron chi connectivity index (χ3n) is 10.2. The van der Waals surface area contributed by atoms with Gasteiger partial charge in [0.25, 0.3) is 0 Å². The summed E-state index contributed by atoms with van der Waals surface area (Å²) in [6.45, 7) is 4.35. The molecule has 56 heavy (non-hydrogen) atoms. The Hall–Kier alpha value is -5.15. The van der Waals surface area contributed by atoms with Crippen molar-refractivity contribution in [3.8, 4) is 5.75 Å². The molecule has 0 saturated carbocycles. The minimum absolute atomic E-state index is 0.253. The number of thiazole rings is 1. The smallest absolute Gasteiger partial charge is 0.126 e. The zero-order chi connectivity index (χ0) is 37.9. The van der Waals surface area contributed by atoms with E-state index in [0.29, 0.717) is 45.9 Å². The normalized spacial score (nSPS) is 18.2. The van der Waals surface area contributed by atoms with Crippen LogP contribution in [-0.4, -0.2) is 29.9 Å². The Morgan fingerprint density at radius 3 is 1.86 bits per heavy atom. The van der Waals surface area contributed by atoms with Crippen LogP contribution >= 0.6 is 11.3 Å². The van der Waals surface area contributed by atoms with Crippen LogP contribution in [0.4, 0.5) is 0 Å². The highest BCUT2D eigenvalue weighted by Crippen LogP contribution is 2.42. The number of para-hydroxylation sites is 1. The number of fused-ring (bicyclic) bond motifs is 1. The van der Waals surface area contributed by atoms with Gasteiger partial charge in [0.05, 0.1) is 53.9 Å². The number of hydrogen-bond acceptors (Lipinski definition) is 7. The standard InChI is InChI=1S/C49H47NO5S/c1-35-26-44(52-31-37-18-8-3-9-19-37)42(27-40(35)28-47-50-43-24-14-15-25-46(43)56-47)48-49(54-33-39-22-12-5-13-23-39)45(53-32-38-20-10-4-11-21-38)29-41(55-48)34-51-30-36-16-6-2-7-17-36/h2-27,41,45,48-49H,28-34H2,1H3. The van der Waals surface area contributed by atoms with E-state index in [1.54, 1.807) is 11.3 Å². The van der Waals surface area contributed by atoms with E-state index in [2.05, 4.69) is 85.8 Å². The van der Waals surface area contributed by atoms with Crippen molar-refractivity contribution in [2.24, 2.45) is 0 Å². The third-order valence-corrected chi connectivity index (χ3v) is 11.2. The minimum atomic E-state index is -0.515. The van der Waals surface area contributed by atoms with Gasteiger partial charge in [-0.15, -0.1) is 11.3 Å². The summed E-state index contributed by atoms with van der Waals surface area (Å²) in [6.07, 6.45) is -0.199. The molecule has 6 aromatic carbocycles. The maximum absolute atomic E-state index is 7.16. The quantitative estimate of drug-likeness (QED) is 0.0977. The van der Waals surface area contributed by atoms with E-state index in [-0.39, 0.29) is 12.2 Å². The molecule has 0 N–H and O–H groups in total. The van der Waals surface area contributed by atoms with Crippen LogP contribution in [0.5, 0.6) is 5.75 Å². The van der Waals surface area contributed by atoms with Crippen LogP contribution in [0.2, 0.25) is 0 Å². The average molecular weight is 762 g/mol. The van der Waals surface area contributed by atoms with E-state index in [1.807, 2.05) is 78.9 Å². The first kappa shape index (κ1) is 37.8. The van der Waals surface area contributed by atoms with Crippen molar-refractivity contribution >= 4 is 21.6 Å². The number of aromatic nitrogens is 1. The molecule has 0 bridgehead atoms. The first-order valence-electron chi connectivity index (χ1n) is 19.4. The Morgan fingerprint density at radius 1 is 0.643 bits per heavy atom. The maximum Gasteiger partial charge on any atom is 0.126 e. The van der Waals surface area contributed by atoms with Crippen LogP contribution in [0.1, 0.15) is 56.5 Å².